The lowest BCUT2D eigenvalue weighted by atomic mass is 10.1. The first kappa shape index (κ1) is 23.4. The average molecular weight is 490 g/mol. The number of nitrogens with zero attached hydrogens (tertiary/aromatic N) is 3. The van der Waals surface area contributed by atoms with Crippen LogP contribution in [0.4, 0.5) is 13.2 Å². The van der Waals surface area contributed by atoms with E-state index in [2.05, 4.69) is 10.1 Å². The van der Waals surface area contributed by atoms with Crippen LogP contribution in [-0.4, -0.2) is 53.5 Å². The second-order valence-electron chi connectivity index (χ2n) is 6.87. The van der Waals surface area contributed by atoms with Crippen molar-refractivity contribution < 1.29 is 32.2 Å². The number of hydrogen-bond acceptors (Lipinski definition) is 7. The predicted molar refractivity (Wildman–Crippen MR) is 121 cm³/mol. The number of methoxy groups -OCH3 is 1. The fraction of sp³-hybridized carbons (Fsp3) is 0.182. The number of rotatable bonds is 7. The maximum atomic E-state index is 12.9. The Morgan fingerprint density at radius 3 is 2.41 bits per heavy atom. The largest absolute Gasteiger partial charge is 0.497 e. The van der Waals surface area contributed by atoms with Crippen LogP contribution in [0.3, 0.4) is 0 Å². The Morgan fingerprint density at radius 2 is 1.74 bits per heavy atom. The molecule has 0 unspecified atom stereocenters. The fourth-order valence-electron chi connectivity index (χ4n) is 2.96. The standard InChI is InChI=1S/C22H17F3N4O4S/c1-31-14-5-7-15(8-6-14)32-9-10-33-16-4-2-3-13(11-16)12-17-18(26)29-21(27-19(17)30)34-20(28-29)22(23,24)25/h2-8,11-12,26H,9-10H2,1H3/b17-12+,26-18?. The molecular weight excluding hydrogens is 473 g/mol. The number of carbonyl (C=O) groups is 1. The van der Waals surface area contributed by atoms with Crippen LogP contribution >= 0.6 is 11.8 Å². The first-order valence-electron chi connectivity index (χ1n) is 9.82. The molecule has 0 atom stereocenters. The first-order chi connectivity index (χ1) is 16.2. The molecule has 8 nitrogen and oxygen atoms in total. The number of thioether (sulfide) groups is 1. The maximum absolute atomic E-state index is 12.9. The molecular formula is C22H17F3N4O4S. The Balaban J connectivity index is 1.40. The molecule has 0 bridgehead atoms. The highest BCUT2D eigenvalue weighted by Gasteiger charge is 2.46. The molecule has 0 spiro atoms. The molecule has 2 aliphatic rings. The van der Waals surface area contributed by atoms with Crippen LogP contribution in [0.5, 0.6) is 17.2 Å². The number of aliphatic imine (C=N–C) groups is 1. The van der Waals surface area contributed by atoms with Crippen LogP contribution in [0.15, 0.2) is 64.2 Å². The number of hydrazone groups is 1. The molecule has 0 radical (unpaired) electrons. The van der Waals surface area contributed by atoms with E-state index in [1.165, 1.54) is 6.08 Å². The number of benzene rings is 2. The highest BCUT2D eigenvalue weighted by Crippen LogP contribution is 2.35. The van der Waals surface area contributed by atoms with Crippen molar-refractivity contribution in [3.05, 3.63) is 59.7 Å². The average Bonchev–Trinajstić information content (AvgIpc) is 3.25. The first-order valence-corrected chi connectivity index (χ1v) is 10.6. The van der Waals surface area contributed by atoms with Crippen LogP contribution < -0.4 is 14.2 Å². The summed E-state index contributed by atoms with van der Waals surface area (Å²) in [5.41, 5.74) is 0.323. The topological polar surface area (TPSA) is 96.6 Å². The summed E-state index contributed by atoms with van der Waals surface area (Å²) in [5.74, 6) is 0.564. The molecule has 0 saturated carbocycles. The van der Waals surface area contributed by atoms with Gasteiger partial charge in [0, 0.05) is 0 Å². The van der Waals surface area contributed by atoms with Crippen molar-refractivity contribution in [3.8, 4) is 17.2 Å². The molecule has 12 heteroatoms. The smallest absolute Gasteiger partial charge is 0.441 e. The molecule has 0 aromatic heterocycles. The second-order valence-corrected chi connectivity index (χ2v) is 7.82. The molecule has 1 amide bonds. The molecule has 2 aromatic carbocycles. The normalized spacial score (nSPS) is 16.8. The van der Waals surface area contributed by atoms with Gasteiger partial charge < -0.3 is 14.2 Å². The third kappa shape index (κ3) is 5.22. The van der Waals surface area contributed by atoms with E-state index in [1.54, 1.807) is 55.6 Å². The molecule has 4 rings (SSSR count). The lowest BCUT2D eigenvalue weighted by Crippen LogP contribution is -2.35. The van der Waals surface area contributed by atoms with E-state index in [0.29, 0.717) is 22.1 Å². The van der Waals surface area contributed by atoms with Crippen molar-refractivity contribution in [2.24, 2.45) is 10.1 Å². The van der Waals surface area contributed by atoms with Gasteiger partial charge in [-0.05, 0) is 59.8 Å². The summed E-state index contributed by atoms with van der Waals surface area (Å²) in [6.07, 6.45) is -3.34. The van der Waals surface area contributed by atoms with E-state index < -0.39 is 23.0 Å². The van der Waals surface area contributed by atoms with Gasteiger partial charge in [-0.3, -0.25) is 10.2 Å². The van der Waals surface area contributed by atoms with Crippen molar-refractivity contribution >= 4 is 39.8 Å². The van der Waals surface area contributed by atoms with E-state index in [9.17, 15) is 18.0 Å². The zero-order chi connectivity index (χ0) is 24.3. The van der Waals surface area contributed by atoms with Crippen LogP contribution in [0.2, 0.25) is 0 Å². The molecule has 0 saturated heterocycles. The Hall–Kier alpha value is -3.80. The monoisotopic (exact) mass is 490 g/mol. The number of carbonyl (C=O) groups excluding carboxylic acids is 1. The minimum atomic E-state index is -4.69. The molecule has 2 aromatic rings. The SMILES string of the molecule is COc1ccc(OCCOc2cccc(/C=C3\C(=N)N4N=C(C(F)(F)F)SC4=NC3=O)c2)cc1. The van der Waals surface area contributed by atoms with Gasteiger partial charge in [-0.1, -0.05) is 12.1 Å². The number of alkyl halides is 3. The van der Waals surface area contributed by atoms with Gasteiger partial charge >= 0.3 is 6.18 Å². The Morgan fingerprint density at radius 1 is 1.06 bits per heavy atom. The number of amidine groups is 2. The summed E-state index contributed by atoms with van der Waals surface area (Å²) >= 11 is 0.205. The zero-order valence-electron chi connectivity index (χ0n) is 17.6. The van der Waals surface area contributed by atoms with Gasteiger partial charge in [-0.15, -0.1) is 0 Å². The van der Waals surface area contributed by atoms with Crippen LogP contribution in [0, 0.1) is 5.41 Å². The second kappa shape index (κ2) is 9.59. The molecule has 2 aliphatic heterocycles. The highest BCUT2D eigenvalue weighted by molar-refractivity contribution is 8.27. The molecule has 2 heterocycles. The summed E-state index contributed by atoms with van der Waals surface area (Å²) in [7, 11) is 1.58. The van der Waals surface area contributed by atoms with Crippen LogP contribution in [0.1, 0.15) is 5.56 Å². The Kier molecular flexibility index (Phi) is 6.59. The summed E-state index contributed by atoms with van der Waals surface area (Å²) in [6, 6.07) is 13.8. The van der Waals surface area contributed by atoms with Crippen molar-refractivity contribution in [1.82, 2.24) is 5.01 Å². The maximum Gasteiger partial charge on any atom is 0.441 e. The minimum Gasteiger partial charge on any atom is -0.497 e. The summed E-state index contributed by atoms with van der Waals surface area (Å²) in [6.45, 7) is 0.527. The Bertz CT molecular complexity index is 1210. The van der Waals surface area contributed by atoms with Crippen molar-refractivity contribution in [1.29, 1.82) is 5.41 Å². The van der Waals surface area contributed by atoms with E-state index >= 15 is 0 Å². The predicted octanol–water partition coefficient (Wildman–Crippen LogP) is 4.33. The summed E-state index contributed by atoms with van der Waals surface area (Å²) in [5, 5.41) is 10.8. The van der Waals surface area contributed by atoms with Crippen molar-refractivity contribution in [2.45, 2.75) is 6.18 Å². The van der Waals surface area contributed by atoms with Gasteiger partial charge in [0.1, 0.15) is 30.5 Å². The van der Waals surface area contributed by atoms with Gasteiger partial charge in [-0.2, -0.15) is 28.3 Å². The molecule has 176 valence electrons. The van der Waals surface area contributed by atoms with Crippen molar-refractivity contribution in [3.63, 3.8) is 0 Å². The van der Waals surface area contributed by atoms with Crippen LogP contribution in [0.25, 0.3) is 6.08 Å². The summed E-state index contributed by atoms with van der Waals surface area (Å²) in [4.78, 5) is 16.0. The van der Waals surface area contributed by atoms with Gasteiger partial charge in [0.15, 0.2) is 5.84 Å². The number of amides is 1. The molecule has 0 fully saturated rings. The third-order valence-corrected chi connectivity index (χ3v) is 5.50. The van der Waals surface area contributed by atoms with Gasteiger partial charge in [0.05, 0.1) is 12.7 Å². The number of fused-ring (bicyclic) bond motifs is 1. The van der Waals surface area contributed by atoms with E-state index in [4.69, 9.17) is 19.6 Å². The van der Waals surface area contributed by atoms with Gasteiger partial charge in [0.2, 0.25) is 10.2 Å². The fourth-order valence-corrected chi connectivity index (χ4v) is 3.72. The lowest BCUT2D eigenvalue weighted by Gasteiger charge is -2.20. The highest BCUT2D eigenvalue weighted by atomic mass is 32.2. The van der Waals surface area contributed by atoms with Gasteiger partial charge in [0.25, 0.3) is 5.91 Å². The molecule has 34 heavy (non-hydrogen) atoms. The van der Waals surface area contributed by atoms with E-state index in [0.717, 1.165) is 5.75 Å². The minimum absolute atomic E-state index is 0.184. The number of nitrogens with one attached hydrogen (secondary N) is 1. The van der Waals surface area contributed by atoms with E-state index in [-0.39, 0.29) is 35.7 Å². The quantitative estimate of drug-likeness (QED) is 0.458. The molecule has 0 aliphatic carbocycles. The number of hydrogen-bond donors (Lipinski definition) is 1. The summed E-state index contributed by atoms with van der Waals surface area (Å²) < 4.78 is 55.2. The van der Waals surface area contributed by atoms with E-state index in [1.807, 2.05) is 0 Å². The number of halogens is 3. The third-order valence-electron chi connectivity index (χ3n) is 4.55. The van der Waals surface area contributed by atoms with Gasteiger partial charge in [-0.25, -0.2) is 0 Å². The van der Waals surface area contributed by atoms with Crippen molar-refractivity contribution in [2.75, 3.05) is 20.3 Å². The zero-order valence-corrected chi connectivity index (χ0v) is 18.4. The lowest BCUT2D eigenvalue weighted by molar-refractivity contribution is -0.114. The molecule has 1 N–H and O–H groups in total. The van der Waals surface area contributed by atoms with Crippen LogP contribution in [-0.2, 0) is 4.79 Å². The number of ether oxygens (including phenoxy) is 3. The Labute approximate surface area is 196 Å².